The van der Waals surface area contributed by atoms with E-state index >= 15 is 0 Å². The van der Waals surface area contributed by atoms with Crippen molar-refractivity contribution in [1.29, 1.82) is 0 Å². The van der Waals surface area contributed by atoms with E-state index in [0.29, 0.717) is 12.4 Å². The van der Waals surface area contributed by atoms with Crippen LogP contribution < -0.4 is 10.1 Å². The lowest BCUT2D eigenvalue weighted by atomic mass is 9.77. The summed E-state index contributed by atoms with van der Waals surface area (Å²) in [6.45, 7) is 2.54. The van der Waals surface area contributed by atoms with Crippen LogP contribution in [0, 0.1) is 0 Å². The van der Waals surface area contributed by atoms with Crippen molar-refractivity contribution < 1.29 is 9.53 Å². The summed E-state index contributed by atoms with van der Waals surface area (Å²) >= 11 is 0. The molecule has 0 spiro atoms. The number of methoxy groups -OCH3 is 1. The fourth-order valence-corrected chi connectivity index (χ4v) is 6.40. The Morgan fingerprint density at radius 3 is 1.79 bits per heavy atom. The predicted molar refractivity (Wildman–Crippen MR) is 170 cm³/mol. The second-order valence-electron chi connectivity index (χ2n) is 10.9. The van der Waals surface area contributed by atoms with Crippen LogP contribution in [0.15, 0.2) is 133 Å². The molecule has 1 aliphatic rings. The molecule has 0 fully saturated rings. The number of carbonyl (C=O) groups is 1. The number of anilines is 1. The lowest BCUT2D eigenvalue weighted by Crippen LogP contribution is -2.40. The first-order valence-electron chi connectivity index (χ1n) is 14.5. The van der Waals surface area contributed by atoms with Crippen molar-refractivity contribution in [3.05, 3.63) is 161 Å². The van der Waals surface area contributed by atoms with Crippen LogP contribution in [0.25, 0.3) is 10.9 Å². The van der Waals surface area contributed by atoms with Crippen molar-refractivity contribution in [3.63, 3.8) is 0 Å². The van der Waals surface area contributed by atoms with E-state index in [1.54, 1.807) is 7.11 Å². The number of hydrogen-bond acceptors (Lipinski definition) is 3. The van der Waals surface area contributed by atoms with E-state index in [1.165, 1.54) is 0 Å². The molecule has 2 amide bonds. The summed E-state index contributed by atoms with van der Waals surface area (Å²) in [5, 5.41) is 9.24. The molecule has 1 N–H and O–H groups in total. The van der Waals surface area contributed by atoms with Crippen LogP contribution in [-0.4, -0.2) is 27.8 Å². The molecule has 0 bridgehead atoms. The molecule has 0 radical (unpaired) electrons. The highest BCUT2D eigenvalue weighted by molar-refractivity contribution is 5.98. The van der Waals surface area contributed by atoms with Crippen LogP contribution in [0.5, 0.6) is 5.88 Å². The first-order chi connectivity index (χ1) is 21.1. The van der Waals surface area contributed by atoms with E-state index in [9.17, 15) is 4.79 Å². The zero-order valence-electron chi connectivity index (χ0n) is 24.1. The first-order valence-corrected chi connectivity index (χ1v) is 14.5. The summed E-state index contributed by atoms with van der Waals surface area (Å²) in [6.07, 6.45) is 0. The Morgan fingerprint density at radius 1 is 0.767 bits per heavy atom. The summed E-state index contributed by atoms with van der Waals surface area (Å²) in [5.74, 6) is 0.532. The third-order valence-corrected chi connectivity index (χ3v) is 8.55. The van der Waals surface area contributed by atoms with Gasteiger partial charge in [0.1, 0.15) is 5.54 Å². The van der Waals surface area contributed by atoms with Gasteiger partial charge in [0.15, 0.2) is 0 Å². The van der Waals surface area contributed by atoms with E-state index in [2.05, 4.69) is 108 Å². The number of urea groups is 1. The first kappa shape index (κ1) is 26.5. The molecule has 0 unspecified atom stereocenters. The minimum Gasteiger partial charge on any atom is -0.479 e. The number of carbonyl (C=O) groups excluding carboxylic acids is 1. The predicted octanol–water partition coefficient (Wildman–Crippen LogP) is 7.99. The molecule has 1 aromatic heterocycles. The quantitative estimate of drug-likeness (QED) is 0.200. The largest absolute Gasteiger partial charge is 0.479 e. The molecule has 7 rings (SSSR count). The average Bonchev–Trinajstić information content (AvgIpc) is 3.43. The van der Waals surface area contributed by atoms with E-state index in [-0.39, 0.29) is 12.1 Å². The van der Waals surface area contributed by atoms with Gasteiger partial charge in [-0.25, -0.2) is 9.48 Å². The van der Waals surface area contributed by atoms with E-state index in [1.807, 2.05) is 47.4 Å². The number of nitrogens with zero attached hydrogens (tertiary/aromatic N) is 3. The number of benzene rings is 5. The number of aromatic nitrogens is 2. The molecule has 0 saturated carbocycles. The van der Waals surface area contributed by atoms with Gasteiger partial charge in [0.05, 0.1) is 30.6 Å². The minimum absolute atomic E-state index is 0.0865. The molecule has 0 saturated heterocycles. The SMILES string of the molecule is COc1nn(C(c2ccccc2)(c2ccccc2)c2ccccc2)c2cc3c(cc12)CN([C@H](C)c1ccccc1)C(=O)N3. The van der Waals surface area contributed by atoms with Gasteiger partial charge in [0, 0.05) is 5.69 Å². The number of rotatable bonds is 7. The van der Waals surface area contributed by atoms with E-state index in [4.69, 9.17) is 9.84 Å². The van der Waals surface area contributed by atoms with Gasteiger partial charge in [-0.15, -0.1) is 5.10 Å². The highest BCUT2D eigenvalue weighted by Gasteiger charge is 2.41. The molecule has 0 aliphatic carbocycles. The normalized spacial score (nSPS) is 13.8. The number of fused-ring (bicyclic) bond motifs is 2. The van der Waals surface area contributed by atoms with Gasteiger partial charge in [-0.2, -0.15) is 0 Å². The monoisotopic (exact) mass is 564 g/mol. The zero-order chi connectivity index (χ0) is 29.4. The number of amides is 2. The number of nitrogens with one attached hydrogen (secondary N) is 1. The molecule has 43 heavy (non-hydrogen) atoms. The third kappa shape index (κ3) is 4.34. The molecule has 6 nitrogen and oxygen atoms in total. The second-order valence-corrected chi connectivity index (χ2v) is 10.9. The van der Waals surface area contributed by atoms with Crippen molar-refractivity contribution in [2.45, 2.75) is 25.0 Å². The zero-order valence-corrected chi connectivity index (χ0v) is 24.1. The fourth-order valence-electron chi connectivity index (χ4n) is 6.40. The molecule has 6 aromatic rings. The topological polar surface area (TPSA) is 59.4 Å². The maximum Gasteiger partial charge on any atom is 0.322 e. The Bertz CT molecular complexity index is 1790. The van der Waals surface area contributed by atoms with Crippen molar-refractivity contribution in [2.75, 3.05) is 12.4 Å². The summed E-state index contributed by atoms with van der Waals surface area (Å²) in [6, 6.07) is 45.3. The highest BCUT2D eigenvalue weighted by atomic mass is 16.5. The molecule has 1 atom stereocenters. The van der Waals surface area contributed by atoms with Gasteiger partial charge in [-0.05, 0) is 46.9 Å². The van der Waals surface area contributed by atoms with Gasteiger partial charge in [-0.3, -0.25) is 0 Å². The van der Waals surface area contributed by atoms with Crippen molar-refractivity contribution >= 4 is 22.6 Å². The fraction of sp³-hybridized carbons (Fsp3) is 0.135. The Balaban J connectivity index is 1.47. The Hall–Kier alpha value is -5.36. The maximum absolute atomic E-state index is 13.5. The summed E-state index contributed by atoms with van der Waals surface area (Å²) in [7, 11) is 1.66. The Kier molecular flexibility index (Phi) is 6.67. The summed E-state index contributed by atoms with van der Waals surface area (Å²) in [4.78, 5) is 15.3. The average molecular weight is 565 g/mol. The number of hydrogen-bond donors (Lipinski definition) is 1. The van der Waals surface area contributed by atoms with Crippen molar-refractivity contribution in [2.24, 2.45) is 0 Å². The number of ether oxygens (including phenoxy) is 1. The van der Waals surface area contributed by atoms with Gasteiger partial charge in [-0.1, -0.05) is 121 Å². The molecule has 5 aromatic carbocycles. The lowest BCUT2D eigenvalue weighted by Gasteiger charge is -2.37. The Morgan fingerprint density at radius 2 is 1.28 bits per heavy atom. The van der Waals surface area contributed by atoms with Crippen LogP contribution in [0.3, 0.4) is 0 Å². The van der Waals surface area contributed by atoms with Crippen LogP contribution in [0.4, 0.5) is 10.5 Å². The van der Waals surface area contributed by atoms with Gasteiger partial charge in [0.25, 0.3) is 0 Å². The standard InChI is InChI=1S/C37H32N4O2/c1-26(27-15-7-3-8-16-27)40-25-28-23-32-34(24-33(28)38-36(40)42)41(39-35(32)43-2)37(29-17-9-4-10-18-29,30-19-11-5-12-20-30)31-21-13-6-14-22-31/h3-24,26H,25H2,1-2H3,(H,38,42)/t26-/m1/s1. The van der Waals surface area contributed by atoms with Crippen molar-refractivity contribution in [1.82, 2.24) is 14.7 Å². The molecule has 2 heterocycles. The highest BCUT2D eigenvalue weighted by Crippen LogP contribution is 2.45. The van der Waals surface area contributed by atoms with Crippen LogP contribution >= 0.6 is 0 Å². The third-order valence-electron chi connectivity index (χ3n) is 8.55. The van der Waals surface area contributed by atoms with E-state index in [0.717, 1.165) is 44.4 Å². The second kappa shape index (κ2) is 10.8. The van der Waals surface area contributed by atoms with Gasteiger partial charge >= 0.3 is 6.03 Å². The smallest absolute Gasteiger partial charge is 0.322 e. The molecule has 212 valence electrons. The van der Waals surface area contributed by atoms with Gasteiger partial charge < -0.3 is 15.0 Å². The van der Waals surface area contributed by atoms with Crippen molar-refractivity contribution in [3.8, 4) is 5.88 Å². The van der Waals surface area contributed by atoms with Crippen LogP contribution in [0.1, 0.15) is 40.8 Å². The summed E-state index contributed by atoms with van der Waals surface area (Å²) in [5.41, 5.74) is 6.10. The molecular weight excluding hydrogens is 532 g/mol. The lowest BCUT2D eigenvalue weighted by molar-refractivity contribution is 0.186. The summed E-state index contributed by atoms with van der Waals surface area (Å²) < 4.78 is 8.00. The molecule has 1 aliphatic heterocycles. The van der Waals surface area contributed by atoms with E-state index < -0.39 is 5.54 Å². The molecular formula is C37H32N4O2. The van der Waals surface area contributed by atoms with Crippen LogP contribution in [0.2, 0.25) is 0 Å². The van der Waals surface area contributed by atoms with Crippen LogP contribution in [-0.2, 0) is 12.1 Å². The Labute approximate surface area is 251 Å². The molecule has 6 heteroatoms. The minimum atomic E-state index is -0.820. The van der Waals surface area contributed by atoms with Gasteiger partial charge in [0.2, 0.25) is 5.88 Å². The maximum atomic E-state index is 13.5.